The minimum absolute atomic E-state index is 0.281. The molecular weight excluding hydrogens is 272 g/mol. The maximum absolute atomic E-state index is 11.0. The molecule has 16 heavy (non-hydrogen) atoms. The molecule has 0 saturated heterocycles. The van der Waals surface area contributed by atoms with Crippen LogP contribution < -0.4 is 11.1 Å². The van der Waals surface area contributed by atoms with Crippen molar-refractivity contribution < 1.29 is 9.53 Å². The van der Waals surface area contributed by atoms with E-state index in [1.54, 1.807) is 0 Å². The molecule has 0 fully saturated rings. The lowest BCUT2D eigenvalue weighted by atomic mass is 10.2. The van der Waals surface area contributed by atoms with Crippen LogP contribution in [-0.2, 0) is 16.1 Å². The predicted octanol–water partition coefficient (Wildman–Crippen LogP) is 1.04. The first-order valence-electron chi connectivity index (χ1n) is 4.89. The number of primary amides is 1. The van der Waals surface area contributed by atoms with E-state index >= 15 is 0 Å². The Morgan fingerprint density at radius 3 is 2.94 bits per heavy atom. The van der Waals surface area contributed by atoms with Crippen molar-refractivity contribution in [2.24, 2.45) is 5.73 Å². The van der Waals surface area contributed by atoms with E-state index in [4.69, 9.17) is 10.5 Å². The molecule has 0 spiro atoms. The lowest BCUT2D eigenvalue weighted by Gasteiger charge is -2.14. The molecule has 88 valence electrons. The molecule has 3 N–H and O–H groups in total. The van der Waals surface area contributed by atoms with Gasteiger partial charge in [-0.1, -0.05) is 28.1 Å². The van der Waals surface area contributed by atoms with Crippen LogP contribution in [0.4, 0.5) is 0 Å². The number of rotatable bonds is 6. The zero-order chi connectivity index (χ0) is 12.0. The lowest BCUT2D eigenvalue weighted by Crippen LogP contribution is -2.44. The Hall–Kier alpha value is -0.910. The van der Waals surface area contributed by atoms with Crippen molar-refractivity contribution in [2.45, 2.75) is 12.6 Å². The molecule has 0 bridgehead atoms. The SMILES string of the molecule is COCC(NCc1cccc(Br)c1)C(N)=O. The normalized spacial score (nSPS) is 12.4. The van der Waals surface area contributed by atoms with Gasteiger partial charge in [0.15, 0.2) is 0 Å². The molecule has 5 heteroatoms. The number of carbonyl (C=O) groups excluding carboxylic acids is 1. The number of methoxy groups -OCH3 is 1. The van der Waals surface area contributed by atoms with Crippen LogP contribution in [-0.4, -0.2) is 25.7 Å². The van der Waals surface area contributed by atoms with Crippen molar-refractivity contribution in [1.29, 1.82) is 0 Å². The van der Waals surface area contributed by atoms with Crippen LogP contribution in [0.5, 0.6) is 0 Å². The monoisotopic (exact) mass is 286 g/mol. The number of benzene rings is 1. The van der Waals surface area contributed by atoms with Gasteiger partial charge in [0.1, 0.15) is 6.04 Å². The molecule has 0 radical (unpaired) electrons. The van der Waals surface area contributed by atoms with Crippen LogP contribution in [0.25, 0.3) is 0 Å². The fourth-order valence-corrected chi connectivity index (χ4v) is 1.74. The lowest BCUT2D eigenvalue weighted by molar-refractivity contribution is -0.121. The average Bonchev–Trinajstić information content (AvgIpc) is 2.24. The maximum Gasteiger partial charge on any atom is 0.236 e. The van der Waals surface area contributed by atoms with Gasteiger partial charge < -0.3 is 10.5 Å². The minimum Gasteiger partial charge on any atom is -0.383 e. The average molecular weight is 287 g/mol. The number of nitrogens with one attached hydrogen (secondary N) is 1. The van der Waals surface area contributed by atoms with E-state index in [2.05, 4.69) is 21.2 Å². The molecular formula is C11H15BrN2O2. The summed E-state index contributed by atoms with van der Waals surface area (Å²) in [4.78, 5) is 11.0. The van der Waals surface area contributed by atoms with Crippen molar-refractivity contribution in [3.63, 3.8) is 0 Å². The second-order valence-electron chi connectivity index (χ2n) is 3.42. The highest BCUT2D eigenvalue weighted by atomic mass is 79.9. The smallest absolute Gasteiger partial charge is 0.236 e. The largest absolute Gasteiger partial charge is 0.383 e. The zero-order valence-corrected chi connectivity index (χ0v) is 10.7. The number of hydrogen-bond acceptors (Lipinski definition) is 3. The summed E-state index contributed by atoms with van der Waals surface area (Å²) < 4.78 is 5.91. The van der Waals surface area contributed by atoms with E-state index in [9.17, 15) is 4.79 Å². The number of carbonyl (C=O) groups is 1. The molecule has 0 heterocycles. The highest BCUT2D eigenvalue weighted by Crippen LogP contribution is 2.11. The Balaban J connectivity index is 2.51. The molecule has 1 aromatic carbocycles. The third-order valence-corrected chi connectivity index (χ3v) is 2.61. The summed E-state index contributed by atoms with van der Waals surface area (Å²) in [7, 11) is 1.54. The Labute approximate surface area is 103 Å². The molecule has 0 aliphatic heterocycles. The minimum atomic E-state index is -0.455. The van der Waals surface area contributed by atoms with Gasteiger partial charge in [0, 0.05) is 18.1 Å². The summed E-state index contributed by atoms with van der Waals surface area (Å²) in [5, 5.41) is 3.04. The van der Waals surface area contributed by atoms with Crippen LogP contribution in [0, 0.1) is 0 Å². The van der Waals surface area contributed by atoms with E-state index in [1.807, 2.05) is 24.3 Å². The molecule has 1 unspecified atom stereocenters. The highest BCUT2D eigenvalue weighted by molar-refractivity contribution is 9.10. The van der Waals surface area contributed by atoms with Crippen molar-refractivity contribution >= 4 is 21.8 Å². The van der Waals surface area contributed by atoms with Crippen molar-refractivity contribution in [2.75, 3.05) is 13.7 Å². The van der Waals surface area contributed by atoms with Gasteiger partial charge in [-0.3, -0.25) is 10.1 Å². The van der Waals surface area contributed by atoms with Gasteiger partial charge in [-0.15, -0.1) is 0 Å². The van der Waals surface area contributed by atoms with Crippen LogP contribution in [0.1, 0.15) is 5.56 Å². The highest BCUT2D eigenvalue weighted by Gasteiger charge is 2.13. The Bertz CT molecular complexity index is 358. The van der Waals surface area contributed by atoms with Gasteiger partial charge in [0.25, 0.3) is 0 Å². The van der Waals surface area contributed by atoms with Crippen LogP contribution in [0.15, 0.2) is 28.7 Å². The maximum atomic E-state index is 11.0. The van der Waals surface area contributed by atoms with Gasteiger partial charge in [0.2, 0.25) is 5.91 Å². The third-order valence-electron chi connectivity index (χ3n) is 2.12. The number of hydrogen-bond donors (Lipinski definition) is 2. The molecule has 0 aliphatic rings. The van der Waals surface area contributed by atoms with Gasteiger partial charge in [-0.25, -0.2) is 0 Å². The fraction of sp³-hybridized carbons (Fsp3) is 0.364. The Morgan fingerprint density at radius 2 is 2.38 bits per heavy atom. The zero-order valence-electron chi connectivity index (χ0n) is 9.07. The summed E-state index contributed by atoms with van der Waals surface area (Å²) in [6, 6.07) is 7.39. The third kappa shape index (κ3) is 4.30. The first-order valence-corrected chi connectivity index (χ1v) is 5.69. The molecule has 0 saturated carbocycles. The number of ether oxygens (including phenoxy) is 1. The molecule has 0 aliphatic carbocycles. The van der Waals surface area contributed by atoms with E-state index in [0.717, 1.165) is 10.0 Å². The van der Waals surface area contributed by atoms with Crippen LogP contribution in [0.2, 0.25) is 0 Å². The fourth-order valence-electron chi connectivity index (χ4n) is 1.30. The van der Waals surface area contributed by atoms with Gasteiger partial charge in [-0.05, 0) is 17.7 Å². The Morgan fingerprint density at radius 1 is 1.62 bits per heavy atom. The van der Waals surface area contributed by atoms with Crippen LogP contribution >= 0.6 is 15.9 Å². The number of halogens is 1. The summed E-state index contributed by atoms with van der Waals surface area (Å²) in [5.74, 6) is -0.406. The topological polar surface area (TPSA) is 64.3 Å². The van der Waals surface area contributed by atoms with E-state index in [0.29, 0.717) is 6.54 Å². The molecule has 1 amide bonds. The van der Waals surface area contributed by atoms with Crippen molar-refractivity contribution in [3.05, 3.63) is 34.3 Å². The molecule has 1 atom stereocenters. The molecule has 1 aromatic rings. The summed E-state index contributed by atoms with van der Waals surface area (Å²) >= 11 is 3.38. The summed E-state index contributed by atoms with van der Waals surface area (Å²) in [5.41, 5.74) is 6.31. The van der Waals surface area contributed by atoms with Crippen LogP contribution in [0.3, 0.4) is 0 Å². The van der Waals surface area contributed by atoms with E-state index in [-0.39, 0.29) is 6.61 Å². The first kappa shape index (κ1) is 13.2. The van der Waals surface area contributed by atoms with E-state index in [1.165, 1.54) is 7.11 Å². The molecule has 0 aromatic heterocycles. The summed E-state index contributed by atoms with van der Waals surface area (Å²) in [6.07, 6.45) is 0. The van der Waals surface area contributed by atoms with Gasteiger partial charge >= 0.3 is 0 Å². The quantitative estimate of drug-likeness (QED) is 0.821. The van der Waals surface area contributed by atoms with Crippen molar-refractivity contribution in [3.8, 4) is 0 Å². The second-order valence-corrected chi connectivity index (χ2v) is 4.34. The van der Waals surface area contributed by atoms with Gasteiger partial charge in [-0.2, -0.15) is 0 Å². The Kier molecular flexibility index (Phi) is 5.45. The standard InChI is InChI=1S/C11H15BrN2O2/c1-16-7-10(11(13)15)14-6-8-3-2-4-9(12)5-8/h2-5,10,14H,6-7H2,1H3,(H2,13,15). The predicted molar refractivity (Wildman–Crippen MR) is 65.8 cm³/mol. The first-order chi connectivity index (χ1) is 7.63. The number of nitrogens with two attached hydrogens (primary N) is 1. The summed E-state index contributed by atoms with van der Waals surface area (Å²) in [6.45, 7) is 0.861. The van der Waals surface area contributed by atoms with E-state index < -0.39 is 11.9 Å². The van der Waals surface area contributed by atoms with Crippen molar-refractivity contribution in [1.82, 2.24) is 5.32 Å². The second kappa shape index (κ2) is 6.62. The molecule has 1 rings (SSSR count). The molecule has 4 nitrogen and oxygen atoms in total. The number of amides is 1. The van der Waals surface area contributed by atoms with Gasteiger partial charge in [0.05, 0.1) is 6.61 Å².